The number of hydrogen-bond donors (Lipinski definition) is 0. The summed E-state index contributed by atoms with van der Waals surface area (Å²) in [5, 5.41) is 2.14. The topological polar surface area (TPSA) is 80.8 Å². The number of nitrogens with zero attached hydrogens (tertiary/aromatic N) is 1. The summed E-state index contributed by atoms with van der Waals surface area (Å²) in [6.07, 6.45) is 1.77. The molecule has 1 aliphatic heterocycles. The zero-order valence-electron chi connectivity index (χ0n) is 16.3. The zero-order valence-corrected chi connectivity index (χ0v) is 17.1. The second kappa shape index (κ2) is 7.32. The van der Waals surface area contributed by atoms with Gasteiger partial charge in [0.25, 0.3) is 11.8 Å². The third kappa shape index (κ3) is 3.20. The maximum Gasteiger partial charge on any atom is 0.326 e. The van der Waals surface area contributed by atoms with Crippen molar-refractivity contribution >= 4 is 45.9 Å². The molecule has 1 aliphatic carbocycles. The molecule has 0 saturated heterocycles. The van der Waals surface area contributed by atoms with Crippen LogP contribution in [-0.2, 0) is 22.4 Å². The first-order chi connectivity index (χ1) is 14.9. The minimum absolute atomic E-state index is 0.347. The number of carbonyl (C=O) groups is 4. The van der Waals surface area contributed by atoms with E-state index in [9.17, 15) is 19.2 Å². The molecule has 6 nitrogen and oxygen atoms in total. The van der Waals surface area contributed by atoms with Crippen molar-refractivity contribution in [2.45, 2.75) is 12.8 Å². The van der Waals surface area contributed by atoms with Gasteiger partial charge in [0, 0.05) is 27.1 Å². The fourth-order valence-electron chi connectivity index (χ4n) is 4.25. The number of halogens is 1. The first-order valence-corrected chi connectivity index (χ1v) is 10.2. The maximum atomic E-state index is 13.0. The first-order valence-electron chi connectivity index (χ1n) is 9.82. The van der Waals surface area contributed by atoms with Crippen LogP contribution in [0.2, 0.25) is 5.02 Å². The third-order valence-corrected chi connectivity index (χ3v) is 6.02. The molecule has 0 saturated carbocycles. The van der Waals surface area contributed by atoms with Gasteiger partial charge in [0.15, 0.2) is 12.4 Å². The van der Waals surface area contributed by atoms with Crippen LogP contribution < -0.4 is 0 Å². The largest absolute Gasteiger partial charge is 0.456 e. The van der Waals surface area contributed by atoms with Crippen molar-refractivity contribution in [1.82, 2.24) is 4.90 Å². The van der Waals surface area contributed by atoms with Gasteiger partial charge in [-0.05, 0) is 65.8 Å². The van der Waals surface area contributed by atoms with Gasteiger partial charge in [0.05, 0.1) is 0 Å². The Morgan fingerprint density at radius 2 is 1.42 bits per heavy atom. The van der Waals surface area contributed by atoms with Gasteiger partial charge in [0.2, 0.25) is 0 Å². The Morgan fingerprint density at radius 3 is 2.00 bits per heavy atom. The molecular weight excluding hydrogens is 418 g/mol. The van der Waals surface area contributed by atoms with Crippen LogP contribution in [0.25, 0.3) is 10.8 Å². The van der Waals surface area contributed by atoms with Crippen LogP contribution in [0, 0.1) is 0 Å². The van der Waals surface area contributed by atoms with Gasteiger partial charge in [-0.1, -0.05) is 23.7 Å². The summed E-state index contributed by atoms with van der Waals surface area (Å²) in [5.41, 5.74) is 3.42. The summed E-state index contributed by atoms with van der Waals surface area (Å²) >= 11 is 5.80. The number of hydrogen-bond acceptors (Lipinski definition) is 5. The number of imide groups is 1. The molecule has 7 heteroatoms. The molecule has 0 aromatic heterocycles. The van der Waals surface area contributed by atoms with Gasteiger partial charge in [0.1, 0.15) is 6.54 Å². The maximum absolute atomic E-state index is 13.0. The van der Waals surface area contributed by atoms with E-state index in [0.29, 0.717) is 27.1 Å². The normalized spacial score (nSPS) is 14.3. The minimum atomic E-state index is -0.832. The predicted octanol–water partition coefficient (Wildman–Crippen LogP) is 3.61. The summed E-state index contributed by atoms with van der Waals surface area (Å²) < 4.78 is 5.03. The average molecular weight is 434 g/mol. The number of rotatable bonds is 5. The molecule has 2 aliphatic rings. The second-order valence-corrected chi connectivity index (χ2v) is 8.02. The van der Waals surface area contributed by atoms with E-state index in [1.54, 1.807) is 24.3 Å². The lowest BCUT2D eigenvalue weighted by Crippen LogP contribution is -2.44. The van der Waals surface area contributed by atoms with Crippen molar-refractivity contribution in [3.8, 4) is 0 Å². The van der Waals surface area contributed by atoms with E-state index in [0.717, 1.165) is 34.3 Å². The van der Waals surface area contributed by atoms with Crippen molar-refractivity contribution < 1.29 is 23.9 Å². The Labute approximate surface area is 182 Å². The van der Waals surface area contributed by atoms with E-state index < -0.39 is 36.7 Å². The van der Waals surface area contributed by atoms with Gasteiger partial charge in [-0.15, -0.1) is 0 Å². The predicted molar refractivity (Wildman–Crippen MR) is 113 cm³/mol. The fraction of sp³-hybridized carbons (Fsp3) is 0.167. The molecule has 5 rings (SSSR count). The lowest BCUT2D eigenvalue weighted by atomic mass is 9.91. The Hall–Kier alpha value is -3.51. The van der Waals surface area contributed by atoms with Gasteiger partial charge >= 0.3 is 5.97 Å². The molecule has 0 spiro atoms. The van der Waals surface area contributed by atoms with E-state index in [-0.39, 0.29) is 0 Å². The summed E-state index contributed by atoms with van der Waals surface area (Å²) in [7, 11) is 0. The highest BCUT2D eigenvalue weighted by Crippen LogP contribution is 2.38. The Balaban J connectivity index is 1.34. The van der Waals surface area contributed by atoms with Crippen LogP contribution in [-0.4, -0.2) is 41.6 Å². The molecule has 3 aromatic carbocycles. The standard InChI is InChI=1S/C24H16ClNO5/c25-16-7-3-13(4-8-16)19(27)12-31-20(28)11-26-23(29)17-9-5-14-1-2-15-6-10-18(24(26)30)22(17)21(14)15/h3-10H,1-2,11-12H2. The van der Waals surface area contributed by atoms with E-state index in [2.05, 4.69) is 0 Å². The number of carbonyl (C=O) groups excluding carboxylic acids is 4. The summed E-state index contributed by atoms with van der Waals surface area (Å²) in [4.78, 5) is 51.4. The fourth-order valence-corrected chi connectivity index (χ4v) is 4.38. The summed E-state index contributed by atoms with van der Waals surface area (Å²) in [5.74, 6) is -2.31. The van der Waals surface area contributed by atoms with Crippen LogP contribution in [0.1, 0.15) is 42.2 Å². The molecule has 3 aromatic rings. The molecule has 1 heterocycles. The molecule has 31 heavy (non-hydrogen) atoms. The molecule has 154 valence electrons. The smallest absolute Gasteiger partial charge is 0.326 e. The van der Waals surface area contributed by atoms with Crippen molar-refractivity contribution in [1.29, 1.82) is 0 Å². The molecule has 0 N–H and O–H groups in total. The van der Waals surface area contributed by atoms with Crippen LogP contribution in [0.15, 0.2) is 48.5 Å². The third-order valence-electron chi connectivity index (χ3n) is 5.77. The minimum Gasteiger partial charge on any atom is -0.456 e. The highest BCUT2D eigenvalue weighted by molar-refractivity contribution is 6.30. The molecular formula is C24H16ClNO5. The van der Waals surface area contributed by atoms with E-state index in [1.165, 1.54) is 12.1 Å². The lowest BCUT2D eigenvalue weighted by molar-refractivity contribution is -0.142. The van der Waals surface area contributed by atoms with E-state index in [1.807, 2.05) is 12.1 Å². The number of ether oxygens (including phenoxy) is 1. The SMILES string of the molecule is O=C(CN1C(=O)c2ccc3c4c(ccc(c24)C1=O)CC3)OCC(=O)c1ccc(Cl)cc1. The van der Waals surface area contributed by atoms with Gasteiger partial charge in [-0.2, -0.15) is 0 Å². The second-order valence-electron chi connectivity index (χ2n) is 7.58. The van der Waals surface area contributed by atoms with Gasteiger partial charge in [-0.3, -0.25) is 24.1 Å². The van der Waals surface area contributed by atoms with Crippen LogP contribution in [0.3, 0.4) is 0 Å². The molecule has 0 fully saturated rings. The van der Waals surface area contributed by atoms with Crippen molar-refractivity contribution in [2.24, 2.45) is 0 Å². The highest BCUT2D eigenvalue weighted by atomic mass is 35.5. The van der Waals surface area contributed by atoms with E-state index in [4.69, 9.17) is 16.3 Å². The number of esters is 1. The van der Waals surface area contributed by atoms with Crippen LogP contribution >= 0.6 is 11.6 Å². The van der Waals surface area contributed by atoms with Gasteiger partial charge in [-0.25, -0.2) is 0 Å². The Morgan fingerprint density at radius 1 is 0.839 bits per heavy atom. The average Bonchev–Trinajstić information content (AvgIpc) is 3.20. The Kier molecular flexibility index (Phi) is 4.59. The summed E-state index contributed by atoms with van der Waals surface area (Å²) in [6, 6.07) is 13.4. The Bertz CT molecular complexity index is 1240. The number of aryl methyl sites for hydroxylation is 2. The molecule has 0 radical (unpaired) electrons. The number of ketones is 1. The molecule has 0 atom stereocenters. The molecule has 2 amide bonds. The highest BCUT2D eigenvalue weighted by Gasteiger charge is 2.36. The number of amides is 2. The molecule has 0 unspecified atom stereocenters. The van der Waals surface area contributed by atoms with Crippen LogP contribution in [0.4, 0.5) is 0 Å². The summed E-state index contributed by atoms with van der Waals surface area (Å²) in [6.45, 7) is -1.05. The molecule has 0 bridgehead atoms. The van der Waals surface area contributed by atoms with Crippen molar-refractivity contribution in [2.75, 3.05) is 13.2 Å². The first kappa shape index (κ1) is 19.5. The zero-order chi connectivity index (χ0) is 21.7. The van der Waals surface area contributed by atoms with Crippen molar-refractivity contribution in [3.63, 3.8) is 0 Å². The quantitative estimate of drug-likeness (QED) is 0.349. The lowest BCUT2D eigenvalue weighted by Gasteiger charge is -2.26. The van der Waals surface area contributed by atoms with Crippen molar-refractivity contribution in [3.05, 3.63) is 81.4 Å². The van der Waals surface area contributed by atoms with E-state index >= 15 is 0 Å². The number of benzene rings is 3. The number of Topliss-reactive ketones (excluding diaryl/α,β-unsaturated/α-hetero) is 1. The van der Waals surface area contributed by atoms with Crippen LogP contribution in [0.5, 0.6) is 0 Å². The van der Waals surface area contributed by atoms with Gasteiger partial charge < -0.3 is 4.74 Å². The monoisotopic (exact) mass is 433 g/mol.